The predicted octanol–water partition coefficient (Wildman–Crippen LogP) is 6.11. The van der Waals surface area contributed by atoms with E-state index < -0.39 is 0 Å². The summed E-state index contributed by atoms with van der Waals surface area (Å²) in [6.07, 6.45) is 2.10. The van der Waals surface area contributed by atoms with Crippen LogP contribution in [-0.2, 0) is 0 Å². The second kappa shape index (κ2) is 5.35. The lowest BCUT2D eigenvalue weighted by molar-refractivity contribution is 0.475. The van der Waals surface area contributed by atoms with Crippen molar-refractivity contribution in [2.45, 2.75) is 0 Å². The lowest BCUT2D eigenvalue weighted by Gasteiger charge is -2.07. The standard InChI is InChI=1S/C24H16O/c25-24-15-17-8-2-1-7-16(17)13-18(24)14-23-21-11-5-3-9-19(21)20-10-4-6-12-22(20)23/h1-15,25H. The highest BCUT2D eigenvalue weighted by molar-refractivity contribution is 6.07. The van der Waals surface area contributed by atoms with Crippen LogP contribution in [0.4, 0.5) is 0 Å². The molecule has 1 N–H and O–H groups in total. The van der Waals surface area contributed by atoms with Gasteiger partial charge in [-0.05, 0) is 56.8 Å². The Bertz CT molecular complexity index is 1100. The Hall–Kier alpha value is -3.32. The fourth-order valence-corrected chi connectivity index (χ4v) is 3.72. The molecule has 1 nitrogen and oxygen atoms in total. The van der Waals surface area contributed by atoms with Crippen molar-refractivity contribution in [3.63, 3.8) is 0 Å². The molecule has 0 amide bonds. The molecule has 4 aromatic rings. The first kappa shape index (κ1) is 14.1. The van der Waals surface area contributed by atoms with Crippen molar-refractivity contribution < 1.29 is 5.11 Å². The van der Waals surface area contributed by atoms with Crippen molar-refractivity contribution in [1.82, 2.24) is 0 Å². The van der Waals surface area contributed by atoms with Crippen LogP contribution in [0.2, 0.25) is 0 Å². The topological polar surface area (TPSA) is 20.2 Å². The Morgan fingerprint density at radius 2 is 1.04 bits per heavy atom. The molecule has 0 aromatic heterocycles. The summed E-state index contributed by atoms with van der Waals surface area (Å²) in [5.74, 6) is 0.313. The van der Waals surface area contributed by atoms with Crippen LogP contribution in [-0.4, -0.2) is 5.11 Å². The fourth-order valence-electron chi connectivity index (χ4n) is 3.72. The highest BCUT2D eigenvalue weighted by Gasteiger charge is 2.22. The summed E-state index contributed by atoms with van der Waals surface area (Å²) in [5, 5.41) is 12.7. The molecule has 5 rings (SSSR count). The first-order valence-electron chi connectivity index (χ1n) is 8.44. The van der Waals surface area contributed by atoms with Crippen molar-refractivity contribution in [1.29, 1.82) is 0 Å². The SMILES string of the molecule is Oc1cc2ccccc2cc1C=C1c2ccccc2-c2ccccc21. The van der Waals surface area contributed by atoms with E-state index in [1.165, 1.54) is 22.3 Å². The molecule has 1 aliphatic carbocycles. The van der Waals surface area contributed by atoms with Crippen LogP contribution in [0.15, 0.2) is 84.9 Å². The highest BCUT2D eigenvalue weighted by Crippen LogP contribution is 2.45. The summed E-state index contributed by atoms with van der Waals surface area (Å²) in [6, 6.07) is 28.9. The van der Waals surface area contributed by atoms with Gasteiger partial charge in [0.2, 0.25) is 0 Å². The lowest BCUT2D eigenvalue weighted by atomic mass is 9.99. The zero-order valence-electron chi connectivity index (χ0n) is 13.6. The molecule has 0 fully saturated rings. The van der Waals surface area contributed by atoms with Gasteiger partial charge < -0.3 is 5.11 Å². The molecule has 0 radical (unpaired) electrons. The largest absolute Gasteiger partial charge is 0.507 e. The third kappa shape index (κ3) is 2.17. The normalized spacial score (nSPS) is 12.1. The van der Waals surface area contributed by atoms with Crippen LogP contribution in [0.3, 0.4) is 0 Å². The van der Waals surface area contributed by atoms with Gasteiger partial charge in [0, 0.05) is 5.56 Å². The zero-order valence-corrected chi connectivity index (χ0v) is 13.6. The van der Waals surface area contributed by atoms with Gasteiger partial charge in [-0.15, -0.1) is 0 Å². The van der Waals surface area contributed by atoms with E-state index in [2.05, 4.69) is 66.7 Å². The Labute approximate surface area is 146 Å². The van der Waals surface area contributed by atoms with E-state index in [4.69, 9.17) is 0 Å². The smallest absolute Gasteiger partial charge is 0.123 e. The van der Waals surface area contributed by atoms with Crippen LogP contribution in [0, 0.1) is 0 Å². The van der Waals surface area contributed by atoms with Crippen LogP contribution < -0.4 is 0 Å². The van der Waals surface area contributed by atoms with Crippen LogP contribution in [0.1, 0.15) is 16.7 Å². The predicted molar refractivity (Wildman–Crippen MR) is 104 cm³/mol. The van der Waals surface area contributed by atoms with Gasteiger partial charge in [0.05, 0.1) is 0 Å². The van der Waals surface area contributed by atoms with Gasteiger partial charge in [0.15, 0.2) is 0 Å². The Balaban J connectivity index is 1.77. The summed E-state index contributed by atoms with van der Waals surface area (Å²) in [7, 11) is 0. The third-order valence-corrected chi connectivity index (χ3v) is 4.92. The quantitative estimate of drug-likeness (QED) is 0.395. The second-order valence-electron chi connectivity index (χ2n) is 6.41. The molecule has 0 saturated carbocycles. The minimum absolute atomic E-state index is 0.313. The number of aromatic hydroxyl groups is 1. The summed E-state index contributed by atoms with van der Waals surface area (Å²) in [6.45, 7) is 0. The van der Waals surface area contributed by atoms with Crippen LogP contribution >= 0.6 is 0 Å². The Morgan fingerprint density at radius 3 is 1.64 bits per heavy atom. The first-order valence-corrected chi connectivity index (χ1v) is 8.44. The van der Waals surface area contributed by atoms with Gasteiger partial charge in [-0.2, -0.15) is 0 Å². The molecular formula is C24H16O. The maximum absolute atomic E-state index is 10.5. The first-order chi connectivity index (χ1) is 12.3. The van der Waals surface area contributed by atoms with Crippen molar-refractivity contribution in [2.24, 2.45) is 0 Å². The average Bonchev–Trinajstić information content (AvgIpc) is 2.97. The lowest BCUT2D eigenvalue weighted by Crippen LogP contribution is -1.83. The summed E-state index contributed by atoms with van der Waals surface area (Å²) in [4.78, 5) is 0. The summed E-state index contributed by atoms with van der Waals surface area (Å²) in [5.41, 5.74) is 6.96. The van der Waals surface area contributed by atoms with Crippen molar-refractivity contribution in [3.8, 4) is 16.9 Å². The van der Waals surface area contributed by atoms with Crippen molar-refractivity contribution in [3.05, 3.63) is 102 Å². The minimum atomic E-state index is 0.313. The maximum Gasteiger partial charge on any atom is 0.123 e. The molecule has 118 valence electrons. The van der Waals surface area contributed by atoms with Gasteiger partial charge in [0.25, 0.3) is 0 Å². The zero-order chi connectivity index (χ0) is 16.8. The highest BCUT2D eigenvalue weighted by atomic mass is 16.3. The molecule has 0 aliphatic heterocycles. The molecule has 0 spiro atoms. The van der Waals surface area contributed by atoms with Crippen molar-refractivity contribution in [2.75, 3.05) is 0 Å². The number of benzene rings is 4. The third-order valence-electron chi connectivity index (χ3n) is 4.92. The van der Waals surface area contributed by atoms with Crippen LogP contribution in [0.5, 0.6) is 5.75 Å². The summed E-state index contributed by atoms with van der Waals surface area (Å²) >= 11 is 0. The van der Waals surface area contributed by atoms with Crippen molar-refractivity contribution >= 4 is 22.4 Å². The van der Waals surface area contributed by atoms with E-state index in [0.29, 0.717) is 5.75 Å². The molecule has 0 unspecified atom stereocenters. The molecule has 4 aromatic carbocycles. The number of fused-ring (bicyclic) bond motifs is 4. The molecular weight excluding hydrogens is 304 g/mol. The van der Waals surface area contributed by atoms with E-state index in [-0.39, 0.29) is 0 Å². The number of hydrogen-bond acceptors (Lipinski definition) is 1. The molecule has 1 heteroatoms. The van der Waals surface area contributed by atoms with Gasteiger partial charge in [-0.25, -0.2) is 0 Å². The Morgan fingerprint density at radius 1 is 0.560 bits per heavy atom. The minimum Gasteiger partial charge on any atom is -0.507 e. The fraction of sp³-hybridized carbons (Fsp3) is 0. The Kier molecular flexibility index (Phi) is 3.01. The summed E-state index contributed by atoms with van der Waals surface area (Å²) < 4.78 is 0. The van der Waals surface area contributed by atoms with Gasteiger partial charge in [-0.1, -0.05) is 72.8 Å². The molecule has 0 bridgehead atoms. The van der Waals surface area contributed by atoms with E-state index in [0.717, 1.165) is 21.9 Å². The van der Waals surface area contributed by atoms with Crippen LogP contribution in [0.25, 0.3) is 33.5 Å². The van der Waals surface area contributed by atoms with E-state index in [9.17, 15) is 5.11 Å². The maximum atomic E-state index is 10.5. The molecule has 0 heterocycles. The van der Waals surface area contributed by atoms with E-state index >= 15 is 0 Å². The molecule has 1 aliphatic rings. The molecule has 0 saturated heterocycles. The second-order valence-corrected chi connectivity index (χ2v) is 6.41. The number of phenols is 1. The number of phenolic OH excluding ortho intramolecular Hbond substituents is 1. The van der Waals surface area contributed by atoms with Gasteiger partial charge in [0.1, 0.15) is 5.75 Å². The van der Waals surface area contributed by atoms with E-state index in [1.54, 1.807) is 0 Å². The monoisotopic (exact) mass is 320 g/mol. The number of hydrogen-bond donors (Lipinski definition) is 1. The van der Waals surface area contributed by atoms with E-state index in [1.807, 2.05) is 24.3 Å². The molecule has 25 heavy (non-hydrogen) atoms. The van der Waals surface area contributed by atoms with Gasteiger partial charge in [-0.3, -0.25) is 0 Å². The molecule has 0 atom stereocenters. The average molecular weight is 320 g/mol. The number of rotatable bonds is 1. The van der Waals surface area contributed by atoms with Gasteiger partial charge >= 0.3 is 0 Å².